The molecule has 0 aliphatic carbocycles. The fraction of sp³-hybridized carbons (Fsp3) is 0.0667. The topological polar surface area (TPSA) is 81.4 Å². The third-order valence-corrected chi connectivity index (χ3v) is 2.67. The van der Waals surface area contributed by atoms with Crippen molar-refractivity contribution in [2.45, 2.75) is 6.61 Å². The van der Waals surface area contributed by atoms with Gasteiger partial charge in [0, 0.05) is 5.69 Å². The first kappa shape index (κ1) is 14.5. The number of rotatable bonds is 4. The van der Waals surface area contributed by atoms with Crippen LogP contribution in [0.15, 0.2) is 48.5 Å². The predicted octanol–water partition coefficient (Wildman–Crippen LogP) is 2.67. The fourth-order valence-corrected chi connectivity index (χ4v) is 1.64. The summed E-state index contributed by atoms with van der Waals surface area (Å²) in [5, 5.41) is 2.39. The number of carbonyl (C=O) groups excluding carboxylic acids is 2. The van der Waals surface area contributed by atoms with Crippen LogP contribution in [0.4, 0.5) is 14.9 Å². The zero-order valence-corrected chi connectivity index (χ0v) is 11.0. The molecule has 2 aromatic rings. The molecule has 6 heteroatoms. The van der Waals surface area contributed by atoms with Gasteiger partial charge < -0.3 is 15.8 Å². The van der Waals surface area contributed by atoms with E-state index in [-0.39, 0.29) is 12.4 Å². The Bertz CT molecular complexity index is 639. The quantitative estimate of drug-likeness (QED) is 0.849. The highest BCUT2D eigenvalue weighted by Crippen LogP contribution is 2.11. The van der Waals surface area contributed by atoms with Gasteiger partial charge in [-0.3, -0.25) is 0 Å². The fourth-order valence-electron chi connectivity index (χ4n) is 1.64. The summed E-state index contributed by atoms with van der Waals surface area (Å²) in [5.41, 5.74) is 6.49. The molecule has 2 amide bonds. The smallest absolute Gasteiger partial charge is 0.338 e. The summed E-state index contributed by atoms with van der Waals surface area (Å²) in [4.78, 5) is 22.5. The third kappa shape index (κ3) is 4.31. The van der Waals surface area contributed by atoms with Crippen molar-refractivity contribution < 1.29 is 18.7 Å². The molecule has 0 aliphatic rings. The number of anilines is 1. The maximum atomic E-state index is 12.7. The van der Waals surface area contributed by atoms with Crippen molar-refractivity contribution in [1.82, 2.24) is 0 Å². The van der Waals surface area contributed by atoms with Gasteiger partial charge in [-0.25, -0.2) is 14.0 Å². The number of halogens is 1. The summed E-state index contributed by atoms with van der Waals surface area (Å²) in [6.45, 7) is 0.0560. The van der Waals surface area contributed by atoms with Crippen LogP contribution in [0.3, 0.4) is 0 Å². The van der Waals surface area contributed by atoms with Crippen molar-refractivity contribution in [2.75, 3.05) is 5.32 Å². The van der Waals surface area contributed by atoms with Crippen molar-refractivity contribution in [2.24, 2.45) is 5.73 Å². The van der Waals surface area contributed by atoms with E-state index in [2.05, 4.69) is 5.32 Å². The van der Waals surface area contributed by atoms with Crippen LogP contribution in [-0.2, 0) is 11.3 Å². The van der Waals surface area contributed by atoms with E-state index in [1.54, 1.807) is 24.3 Å². The highest BCUT2D eigenvalue weighted by atomic mass is 19.1. The zero-order chi connectivity index (χ0) is 15.2. The zero-order valence-electron chi connectivity index (χ0n) is 11.0. The van der Waals surface area contributed by atoms with Gasteiger partial charge in [0.05, 0.1) is 5.56 Å². The van der Waals surface area contributed by atoms with Crippen molar-refractivity contribution in [3.8, 4) is 0 Å². The molecule has 3 N–H and O–H groups in total. The van der Waals surface area contributed by atoms with Gasteiger partial charge in [0.15, 0.2) is 0 Å². The Kier molecular flexibility index (Phi) is 4.50. The van der Waals surface area contributed by atoms with E-state index in [9.17, 15) is 14.0 Å². The predicted molar refractivity (Wildman–Crippen MR) is 75.2 cm³/mol. The van der Waals surface area contributed by atoms with E-state index in [4.69, 9.17) is 10.5 Å². The summed E-state index contributed by atoms with van der Waals surface area (Å²) >= 11 is 0. The molecule has 5 nitrogen and oxygen atoms in total. The van der Waals surface area contributed by atoms with Crippen LogP contribution in [0.1, 0.15) is 15.9 Å². The maximum Gasteiger partial charge on any atom is 0.338 e. The second-order valence-electron chi connectivity index (χ2n) is 4.27. The van der Waals surface area contributed by atoms with Gasteiger partial charge in [0.25, 0.3) is 0 Å². The number of hydrogen-bond donors (Lipinski definition) is 2. The molecule has 0 spiro atoms. The molecule has 2 aromatic carbocycles. The number of ether oxygens (including phenoxy) is 1. The van der Waals surface area contributed by atoms with E-state index in [0.29, 0.717) is 16.8 Å². The number of urea groups is 1. The van der Waals surface area contributed by atoms with Crippen molar-refractivity contribution in [1.29, 1.82) is 0 Å². The normalized spacial score (nSPS) is 9.95. The summed E-state index contributed by atoms with van der Waals surface area (Å²) in [7, 11) is 0. The molecule has 21 heavy (non-hydrogen) atoms. The summed E-state index contributed by atoms with van der Waals surface area (Å²) < 4.78 is 17.8. The lowest BCUT2D eigenvalue weighted by Crippen LogP contribution is -2.19. The van der Waals surface area contributed by atoms with Crippen LogP contribution in [0.25, 0.3) is 0 Å². The molecule has 0 fully saturated rings. The van der Waals surface area contributed by atoms with E-state index < -0.39 is 12.0 Å². The van der Waals surface area contributed by atoms with Gasteiger partial charge >= 0.3 is 12.0 Å². The van der Waals surface area contributed by atoms with Gasteiger partial charge in [-0.1, -0.05) is 12.1 Å². The number of nitrogens with two attached hydrogens (primary N) is 1. The van der Waals surface area contributed by atoms with Crippen LogP contribution < -0.4 is 11.1 Å². The average molecular weight is 288 g/mol. The van der Waals surface area contributed by atoms with Crippen molar-refractivity contribution in [3.63, 3.8) is 0 Å². The Morgan fingerprint density at radius 3 is 2.24 bits per heavy atom. The Hall–Kier alpha value is -2.89. The van der Waals surface area contributed by atoms with Gasteiger partial charge in [-0.2, -0.15) is 0 Å². The molecule has 2 rings (SSSR count). The molecule has 0 radical (unpaired) electrons. The summed E-state index contributed by atoms with van der Waals surface area (Å²) in [6.07, 6.45) is 0. The van der Waals surface area contributed by atoms with E-state index in [1.807, 2.05) is 0 Å². The molecule has 0 saturated heterocycles. The van der Waals surface area contributed by atoms with Crippen LogP contribution in [0, 0.1) is 5.82 Å². The molecular formula is C15H13FN2O3. The first-order valence-corrected chi connectivity index (χ1v) is 6.12. The first-order valence-electron chi connectivity index (χ1n) is 6.12. The van der Waals surface area contributed by atoms with Crippen LogP contribution in [0.5, 0.6) is 0 Å². The third-order valence-electron chi connectivity index (χ3n) is 2.67. The minimum Gasteiger partial charge on any atom is -0.457 e. The molecule has 0 unspecified atom stereocenters. The number of hydrogen-bond acceptors (Lipinski definition) is 3. The molecule has 0 atom stereocenters. The number of nitrogens with one attached hydrogen (secondary N) is 1. The average Bonchev–Trinajstić information content (AvgIpc) is 2.46. The SMILES string of the molecule is NC(=O)Nc1ccc(C(=O)OCc2ccc(F)cc2)cc1. The second-order valence-corrected chi connectivity index (χ2v) is 4.27. The monoisotopic (exact) mass is 288 g/mol. The number of benzene rings is 2. The van der Waals surface area contributed by atoms with Crippen molar-refractivity contribution >= 4 is 17.7 Å². The molecule has 0 aliphatic heterocycles. The molecule has 0 bridgehead atoms. The van der Waals surface area contributed by atoms with Gasteiger partial charge in [-0.05, 0) is 42.0 Å². The van der Waals surface area contributed by atoms with Gasteiger partial charge in [0.1, 0.15) is 12.4 Å². The lowest BCUT2D eigenvalue weighted by atomic mass is 10.2. The lowest BCUT2D eigenvalue weighted by molar-refractivity contribution is 0.0472. The Morgan fingerprint density at radius 2 is 1.67 bits per heavy atom. The number of primary amides is 1. The van der Waals surface area contributed by atoms with Crippen molar-refractivity contribution in [3.05, 3.63) is 65.5 Å². The van der Waals surface area contributed by atoms with E-state index in [1.165, 1.54) is 24.3 Å². The standard InChI is InChI=1S/C15H13FN2O3/c16-12-5-1-10(2-6-12)9-21-14(19)11-3-7-13(8-4-11)18-15(17)20/h1-8H,9H2,(H3,17,18,20). The van der Waals surface area contributed by atoms with Gasteiger partial charge in [-0.15, -0.1) is 0 Å². The second kappa shape index (κ2) is 6.51. The minimum atomic E-state index is -0.679. The summed E-state index contributed by atoms with van der Waals surface area (Å²) in [6, 6.07) is 11.1. The summed E-state index contributed by atoms with van der Waals surface area (Å²) in [5.74, 6) is -0.854. The Morgan fingerprint density at radius 1 is 1.05 bits per heavy atom. The minimum absolute atomic E-state index is 0.0560. The Labute approximate surface area is 120 Å². The number of amides is 2. The maximum absolute atomic E-state index is 12.7. The first-order chi connectivity index (χ1) is 10.0. The largest absolute Gasteiger partial charge is 0.457 e. The van der Waals surface area contributed by atoms with E-state index >= 15 is 0 Å². The molecule has 0 aromatic heterocycles. The van der Waals surface area contributed by atoms with Crippen LogP contribution >= 0.6 is 0 Å². The van der Waals surface area contributed by atoms with Crippen LogP contribution in [-0.4, -0.2) is 12.0 Å². The molecule has 0 saturated carbocycles. The highest BCUT2D eigenvalue weighted by Gasteiger charge is 2.07. The van der Waals surface area contributed by atoms with Crippen LogP contribution in [0.2, 0.25) is 0 Å². The number of esters is 1. The number of carbonyl (C=O) groups is 2. The molecule has 0 heterocycles. The lowest BCUT2D eigenvalue weighted by Gasteiger charge is -2.06. The van der Waals surface area contributed by atoms with Gasteiger partial charge in [0.2, 0.25) is 0 Å². The Balaban J connectivity index is 1.93. The molecular weight excluding hydrogens is 275 g/mol. The van der Waals surface area contributed by atoms with E-state index in [0.717, 1.165) is 0 Å². The highest BCUT2D eigenvalue weighted by molar-refractivity contribution is 5.91. The molecule has 108 valence electrons.